The van der Waals surface area contributed by atoms with Gasteiger partial charge in [-0.15, -0.1) is 11.3 Å². The topological polar surface area (TPSA) is 46.6 Å². The molecule has 0 radical (unpaired) electrons. The Morgan fingerprint density at radius 2 is 1.87 bits per heavy atom. The van der Waals surface area contributed by atoms with Gasteiger partial charge in [-0.3, -0.25) is 9.59 Å². The van der Waals surface area contributed by atoms with Gasteiger partial charge in [0.25, 0.3) is 5.91 Å². The summed E-state index contributed by atoms with van der Waals surface area (Å²) in [5.41, 5.74) is 0.551. The molecule has 1 amide bonds. The molecule has 0 N–H and O–H groups in total. The van der Waals surface area contributed by atoms with Crippen molar-refractivity contribution >= 4 is 40.7 Å². The van der Waals surface area contributed by atoms with Crippen LogP contribution in [0.3, 0.4) is 0 Å². The molecule has 120 valence electrons. The van der Waals surface area contributed by atoms with Gasteiger partial charge in [-0.2, -0.15) is 0 Å². The maximum absolute atomic E-state index is 12.1. The van der Waals surface area contributed by atoms with Gasteiger partial charge in [0.1, 0.15) is 5.75 Å². The summed E-state index contributed by atoms with van der Waals surface area (Å²) >= 11 is 7.25. The molecule has 2 rings (SSSR count). The van der Waals surface area contributed by atoms with E-state index in [0.29, 0.717) is 15.6 Å². The van der Waals surface area contributed by atoms with Crippen LogP contribution in [0.25, 0.3) is 6.08 Å². The zero-order chi connectivity index (χ0) is 16.8. The molecule has 1 aromatic carbocycles. The van der Waals surface area contributed by atoms with Crippen LogP contribution < -0.4 is 4.74 Å². The molecule has 0 unspecified atom stereocenters. The minimum atomic E-state index is -0.123. The molecule has 0 aliphatic rings. The van der Waals surface area contributed by atoms with Crippen molar-refractivity contribution in [2.75, 3.05) is 20.7 Å². The third kappa shape index (κ3) is 5.23. The summed E-state index contributed by atoms with van der Waals surface area (Å²) in [6.45, 7) is -0.0284. The molecule has 2 aromatic rings. The summed E-state index contributed by atoms with van der Waals surface area (Å²) in [5.74, 6) is 0.318. The van der Waals surface area contributed by atoms with Crippen LogP contribution in [-0.4, -0.2) is 37.3 Å². The number of amides is 1. The smallest absolute Gasteiger partial charge is 0.259 e. The first-order valence-electron chi connectivity index (χ1n) is 6.86. The maximum Gasteiger partial charge on any atom is 0.259 e. The fraction of sp³-hybridized carbons (Fsp3) is 0.176. The second kappa shape index (κ2) is 7.94. The first-order chi connectivity index (χ1) is 11.0. The molecule has 1 heterocycles. The van der Waals surface area contributed by atoms with E-state index in [-0.39, 0.29) is 18.3 Å². The first-order valence-corrected chi connectivity index (χ1v) is 8.06. The summed E-state index contributed by atoms with van der Waals surface area (Å²) < 4.78 is 6.05. The average Bonchev–Trinajstić information content (AvgIpc) is 2.96. The molecular formula is C17H16ClNO3S. The van der Waals surface area contributed by atoms with Gasteiger partial charge in [-0.25, -0.2) is 0 Å². The van der Waals surface area contributed by atoms with Gasteiger partial charge in [0.15, 0.2) is 12.4 Å². The Labute approximate surface area is 143 Å². The van der Waals surface area contributed by atoms with E-state index in [1.54, 1.807) is 50.5 Å². The van der Waals surface area contributed by atoms with E-state index in [9.17, 15) is 9.59 Å². The van der Waals surface area contributed by atoms with Gasteiger partial charge >= 0.3 is 0 Å². The molecule has 0 bridgehead atoms. The van der Waals surface area contributed by atoms with E-state index in [1.807, 2.05) is 6.07 Å². The van der Waals surface area contributed by atoms with Gasteiger partial charge in [-0.1, -0.05) is 11.6 Å². The molecule has 0 saturated carbocycles. The molecule has 0 aliphatic heterocycles. The van der Waals surface area contributed by atoms with Crippen LogP contribution in [0.4, 0.5) is 0 Å². The summed E-state index contributed by atoms with van der Waals surface area (Å²) in [7, 11) is 3.33. The van der Waals surface area contributed by atoms with Crippen LogP contribution in [-0.2, 0) is 4.79 Å². The lowest BCUT2D eigenvalue weighted by atomic mass is 10.1. The largest absolute Gasteiger partial charge is 0.484 e. The lowest BCUT2D eigenvalue weighted by Gasteiger charge is -2.11. The van der Waals surface area contributed by atoms with E-state index in [1.165, 1.54) is 22.3 Å². The van der Waals surface area contributed by atoms with Crippen molar-refractivity contribution in [1.29, 1.82) is 0 Å². The Balaban J connectivity index is 1.94. The molecule has 0 fully saturated rings. The molecule has 0 atom stereocenters. The van der Waals surface area contributed by atoms with E-state index in [0.717, 1.165) is 4.88 Å². The Kier molecular flexibility index (Phi) is 5.96. The standard InChI is InChI=1S/C17H16ClNO3S/c1-19(2)17(21)11-22-13-5-3-12(4-6-13)15(20)9-7-14-8-10-16(18)23-14/h3-10H,11H2,1-2H3/b9-7+. The van der Waals surface area contributed by atoms with Crippen LogP contribution in [0.15, 0.2) is 42.5 Å². The number of halogens is 1. The number of carbonyl (C=O) groups excluding carboxylic acids is 2. The highest BCUT2D eigenvalue weighted by atomic mass is 35.5. The fourth-order valence-corrected chi connectivity index (χ4v) is 2.63. The average molecular weight is 350 g/mol. The highest BCUT2D eigenvalue weighted by Gasteiger charge is 2.06. The Morgan fingerprint density at radius 1 is 1.17 bits per heavy atom. The highest BCUT2D eigenvalue weighted by molar-refractivity contribution is 7.17. The number of ether oxygens (including phenoxy) is 1. The normalized spacial score (nSPS) is 10.7. The van der Waals surface area contributed by atoms with Crippen molar-refractivity contribution in [2.24, 2.45) is 0 Å². The summed E-state index contributed by atoms with van der Waals surface area (Å²) in [6, 6.07) is 10.3. The zero-order valence-corrected chi connectivity index (χ0v) is 14.4. The van der Waals surface area contributed by atoms with Crippen molar-refractivity contribution in [2.45, 2.75) is 0 Å². The van der Waals surface area contributed by atoms with Crippen LogP contribution in [0, 0.1) is 0 Å². The molecule has 4 nitrogen and oxygen atoms in total. The van der Waals surface area contributed by atoms with E-state index < -0.39 is 0 Å². The van der Waals surface area contributed by atoms with Crippen molar-refractivity contribution in [3.05, 3.63) is 57.3 Å². The minimum absolute atomic E-state index is 0.0284. The van der Waals surface area contributed by atoms with Crippen LogP contribution >= 0.6 is 22.9 Å². The Hall–Kier alpha value is -2.11. The number of hydrogen-bond donors (Lipinski definition) is 0. The second-order valence-corrected chi connectivity index (χ2v) is 6.69. The van der Waals surface area contributed by atoms with E-state index in [4.69, 9.17) is 16.3 Å². The molecule has 0 aliphatic carbocycles. The summed E-state index contributed by atoms with van der Waals surface area (Å²) in [6.07, 6.45) is 3.24. The molecular weight excluding hydrogens is 334 g/mol. The number of likely N-dealkylation sites (N-methyl/N-ethyl adjacent to an activating group) is 1. The molecule has 0 spiro atoms. The van der Waals surface area contributed by atoms with Crippen LogP contribution in [0.5, 0.6) is 5.75 Å². The lowest BCUT2D eigenvalue weighted by Crippen LogP contribution is -2.27. The predicted octanol–water partition coefficient (Wildman–Crippen LogP) is 3.76. The fourth-order valence-electron chi connectivity index (χ4n) is 1.66. The second-order valence-electron chi connectivity index (χ2n) is 4.94. The molecule has 6 heteroatoms. The van der Waals surface area contributed by atoms with Gasteiger partial charge in [-0.05, 0) is 48.6 Å². The minimum Gasteiger partial charge on any atom is -0.484 e. The SMILES string of the molecule is CN(C)C(=O)COc1ccc(C(=O)/C=C/c2ccc(Cl)s2)cc1. The van der Waals surface area contributed by atoms with Gasteiger partial charge in [0.05, 0.1) is 4.34 Å². The summed E-state index contributed by atoms with van der Waals surface area (Å²) in [4.78, 5) is 25.9. The van der Waals surface area contributed by atoms with E-state index in [2.05, 4.69) is 0 Å². The third-order valence-electron chi connectivity index (χ3n) is 2.99. The number of ketones is 1. The molecule has 0 saturated heterocycles. The van der Waals surface area contributed by atoms with Gasteiger partial charge in [0, 0.05) is 24.5 Å². The van der Waals surface area contributed by atoms with E-state index >= 15 is 0 Å². The summed E-state index contributed by atoms with van der Waals surface area (Å²) in [5, 5.41) is 0. The van der Waals surface area contributed by atoms with Gasteiger partial charge < -0.3 is 9.64 Å². The number of rotatable bonds is 6. The Bertz CT molecular complexity index is 720. The molecule has 1 aromatic heterocycles. The monoisotopic (exact) mass is 349 g/mol. The van der Waals surface area contributed by atoms with Crippen molar-refractivity contribution in [1.82, 2.24) is 4.90 Å². The maximum atomic E-state index is 12.1. The van der Waals surface area contributed by atoms with Crippen molar-refractivity contribution in [3.8, 4) is 5.75 Å². The highest BCUT2D eigenvalue weighted by Crippen LogP contribution is 2.22. The van der Waals surface area contributed by atoms with Crippen LogP contribution in [0.2, 0.25) is 4.34 Å². The number of nitrogens with zero attached hydrogens (tertiary/aromatic N) is 1. The van der Waals surface area contributed by atoms with Crippen molar-refractivity contribution < 1.29 is 14.3 Å². The van der Waals surface area contributed by atoms with Crippen LogP contribution in [0.1, 0.15) is 15.2 Å². The first kappa shape index (κ1) is 17.2. The Morgan fingerprint density at radius 3 is 2.43 bits per heavy atom. The predicted molar refractivity (Wildman–Crippen MR) is 93.3 cm³/mol. The lowest BCUT2D eigenvalue weighted by molar-refractivity contribution is -0.130. The number of carbonyl (C=O) groups is 2. The number of thiophene rings is 1. The van der Waals surface area contributed by atoms with Crippen molar-refractivity contribution in [3.63, 3.8) is 0 Å². The number of benzene rings is 1. The molecule has 23 heavy (non-hydrogen) atoms. The van der Waals surface area contributed by atoms with Gasteiger partial charge in [0.2, 0.25) is 0 Å². The number of allylic oxidation sites excluding steroid dienone is 1. The number of hydrogen-bond acceptors (Lipinski definition) is 4. The zero-order valence-electron chi connectivity index (χ0n) is 12.8. The third-order valence-corrected chi connectivity index (χ3v) is 4.19. The quantitative estimate of drug-likeness (QED) is 0.589.